The minimum atomic E-state index is -1.74. The van der Waals surface area contributed by atoms with Crippen LogP contribution in [0.2, 0.25) is 0 Å². The molecule has 2 aromatic rings. The molecule has 0 bridgehead atoms. The third-order valence-electron chi connectivity index (χ3n) is 4.90. The van der Waals surface area contributed by atoms with Crippen LogP contribution in [0, 0.1) is 12.8 Å². The molecule has 2 aromatic carbocycles. The fraction of sp³-hybridized carbons (Fsp3) is 0.364. The van der Waals surface area contributed by atoms with Gasteiger partial charge in [-0.1, -0.05) is 42.0 Å². The first-order chi connectivity index (χ1) is 14.3. The maximum Gasteiger partial charge on any atom is 0.475 e. The summed E-state index contributed by atoms with van der Waals surface area (Å²) in [5.74, 6) is -2.11. The Morgan fingerprint density at radius 2 is 1.77 bits per heavy atom. The molecule has 8 heteroatoms. The second-order valence-electron chi connectivity index (χ2n) is 7.33. The summed E-state index contributed by atoms with van der Waals surface area (Å²) >= 11 is 0. The van der Waals surface area contributed by atoms with E-state index in [1.54, 1.807) is 7.11 Å². The average Bonchev–Trinajstić information content (AvgIpc) is 2.74. The highest BCUT2D eigenvalue weighted by Gasteiger charge is 2.29. The van der Waals surface area contributed by atoms with Crippen LogP contribution in [0.5, 0.6) is 5.75 Å². The van der Waals surface area contributed by atoms with Crippen LogP contribution in [0.1, 0.15) is 23.6 Å². The van der Waals surface area contributed by atoms with Crippen molar-refractivity contribution in [3.05, 3.63) is 65.2 Å². The molecule has 0 saturated heterocycles. The van der Waals surface area contributed by atoms with Crippen LogP contribution in [0.15, 0.2) is 48.5 Å². The van der Waals surface area contributed by atoms with E-state index in [1.807, 2.05) is 55.5 Å². The number of carbonyl (C=O) groups is 2. The lowest BCUT2D eigenvalue weighted by Gasteiger charge is -2.20. The smallest absolute Gasteiger partial charge is 0.475 e. The Hall–Kier alpha value is -2.84. The largest absolute Gasteiger partial charge is 0.497 e. The molecular formula is C22H29BN2O5. The molecule has 0 radical (unpaired) electrons. The number of ether oxygens (including phenoxy) is 1. The van der Waals surface area contributed by atoms with Crippen molar-refractivity contribution in [2.24, 2.45) is 5.92 Å². The van der Waals surface area contributed by atoms with Crippen LogP contribution in [-0.2, 0) is 22.4 Å². The summed E-state index contributed by atoms with van der Waals surface area (Å²) in [7, 11) is -0.144. The second-order valence-corrected chi connectivity index (χ2v) is 7.33. The van der Waals surface area contributed by atoms with E-state index in [2.05, 4.69) is 10.6 Å². The van der Waals surface area contributed by atoms with E-state index in [1.165, 1.54) is 6.92 Å². The van der Waals surface area contributed by atoms with Gasteiger partial charge in [-0.3, -0.25) is 9.59 Å². The molecule has 0 aromatic heterocycles. The predicted octanol–water partition coefficient (Wildman–Crippen LogP) is 1.04. The lowest BCUT2D eigenvalue weighted by atomic mass is 9.75. The molecule has 7 nitrogen and oxygen atoms in total. The number of carbonyl (C=O) groups excluding carboxylic acids is 2. The number of amides is 2. The third-order valence-corrected chi connectivity index (χ3v) is 4.90. The second kappa shape index (κ2) is 11.4. The Kier molecular flexibility index (Phi) is 8.89. The van der Waals surface area contributed by atoms with Gasteiger partial charge in [0.25, 0.3) is 0 Å². The maximum atomic E-state index is 12.4. The van der Waals surface area contributed by atoms with Crippen molar-refractivity contribution in [3.63, 3.8) is 0 Å². The van der Waals surface area contributed by atoms with Gasteiger partial charge < -0.3 is 25.4 Å². The molecule has 30 heavy (non-hydrogen) atoms. The third kappa shape index (κ3) is 7.20. The lowest BCUT2D eigenvalue weighted by molar-refractivity contribution is -0.134. The van der Waals surface area contributed by atoms with Crippen molar-refractivity contribution in [1.29, 1.82) is 0 Å². The number of methoxy groups -OCH3 is 1. The fourth-order valence-electron chi connectivity index (χ4n) is 2.95. The van der Waals surface area contributed by atoms with Crippen LogP contribution >= 0.6 is 0 Å². The summed E-state index contributed by atoms with van der Waals surface area (Å²) < 4.78 is 5.18. The van der Waals surface area contributed by atoms with Crippen molar-refractivity contribution in [2.45, 2.75) is 32.6 Å². The number of hydrogen-bond donors (Lipinski definition) is 4. The van der Waals surface area contributed by atoms with Crippen LogP contribution in [0.25, 0.3) is 0 Å². The first-order valence-electron chi connectivity index (χ1n) is 9.93. The topological polar surface area (TPSA) is 108 Å². The van der Waals surface area contributed by atoms with E-state index in [0.717, 1.165) is 22.4 Å². The zero-order valence-electron chi connectivity index (χ0n) is 17.6. The van der Waals surface area contributed by atoms with Gasteiger partial charge in [0.05, 0.1) is 13.1 Å². The Bertz CT molecular complexity index is 842. The molecule has 0 saturated carbocycles. The van der Waals surface area contributed by atoms with Crippen molar-refractivity contribution in [3.8, 4) is 5.75 Å². The van der Waals surface area contributed by atoms with Crippen molar-refractivity contribution in [2.75, 3.05) is 13.7 Å². The molecule has 2 atom stereocenters. The van der Waals surface area contributed by atoms with Crippen molar-refractivity contribution >= 4 is 18.9 Å². The van der Waals surface area contributed by atoms with Crippen LogP contribution in [0.4, 0.5) is 0 Å². The zero-order valence-corrected chi connectivity index (χ0v) is 17.6. The Morgan fingerprint density at radius 3 is 2.40 bits per heavy atom. The van der Waals surface area contributed by atoms with Gasteiger partial charge in [0.2, 0.25) is 11.8 Å². The molecule has 160 valence electrons. The summed E-state index contributed by atoms with van der Waals surface area (Å²) in [6.45, 7) is 3.82. The minimum Gasteiger partial charge on any atom is -0.497 e. The first kappa shape index (κ1) is 23.4. The van der Waals surface area contributed by atoms with E-state index < -0.39 is 30.8 Å². The van der Waals surface area contributed by atoms with E-state index >= 15 is 0 Å². The number of hydrogen-bond acceptors (Lipinski definition) is 5. The summed E-state index contributed by atoms with van der Waals surface area (Å²) in [5, 5.41) is 24.6. The highest BCUT2D eigenvalue weighted by atomic mass is 16.5. The van der Waals surface area contributed by atoms with Gasteiger partial charge in [-0.25, -0.2) is 0 Å². The standard InChI is InChI=1S/C22H29BN2O5/c1-15-7-9-18(10-8-15)14-20(23(28)29)25-22(27)16(2)21(26)24-12-11-17-5-4-6-19(13-17)30-3/h4-10,13,16,20,28-29H,11-12,14H2,1-3H3,(H,24,26)(H,25,27). The molecule has 0 aliphatic carbocycles. The Balaban J connectivity index is 1.85. The van der Waals surface area contributed by atoms with Gasteiger partial charge in [-0.05, 0) is 49.9 Å². The van der Waals surface area contributed by atoms with E-state index in [-0.39, 0.29) is 6.42 Å². The number of nitrogens with one attached hydrogen (secondary N) is 2. The van der Waals surface area contributed by atoms with E-state index in [0.29, 0.717) is 13.0 Å². The highest BCUT2D eigenvalue weighted by Crippen LogP contribution is 2.12. The van der Waals surface area contributed by atoms with Gasteiger partial charge in [0.15, 0.2) is 0 Å². The highest BCUT2D eigenvalue weighted by molar-refractivity contribution is 6.43. The van der Waals surface area contributed by atoms with Crippen molar-refractivity contribution < 1.29 is 24.4 Å². The van der Waals surface area contributed by atoms with Crippen LogP contribution < -0.4 is 15.4 Å². The molecule has 0 aliphatic heterocycles. The summed E-state index contributed by atoms with van der Waals surface area (Å²) in [4.78, 5) is 24.8. The summed E-state index contributed by atoms with van der Waals surface area (Å²) in [5.41, 5.74) is 2.95. The first-order valence-corrected chi connectivity index (χ1v) is 9.93. The molecule has 2 rings (SSSR count). The molecule has 2 unspecified atom stereocenters. The normalized spacial score (nSPS) is 12.6. The van der Waals surface area contributed by atoms with Gasteiger partial charge in [-0.15, -0.1) is 0 Å². The number of benzene rings is 2. The average molecular weight is 412 g/mol. The molecular weight excluding hydrogens is 383 g/mol. The molecule has 0 fully saturated rings. The van der Waals surface area contributed by atoms with Gasteiger partial charge in [-0.2, -0.15) is 0 Å². The molecule has 0 heterocycles. The minimum absolute atomic E-state index is 0.244. The van der Waals surface area contributed by atoms with Gasteiger partial charge in [0, 0.05) is 6.54 Å². The number of aryl methyl sites for hydroxylation is 1. The van der Waals surface area contributed by atoms with E-state index in [4.69, 9.17) is 4.74 Å². The predicted molar refractivity (Wildman–Crippen MR) is 116 cm³/mol. The SMILES string of the molecule is COc1cccc(CCNC(=O)C(C)C(=O)NC(Cc2ccc(C)cc2)B(O)O)c1. The van der Waals surface area contributed by atoms with Gasteiger partial charge >= 0.3 is 7.12 Å². The van der Waals surface area contributed by atoms with Crippen LogP contribution in [0.3, 0.4) is 0 Å². The Labute approximate surface area is 177 Å². The molecule has 2 amide bonds. The summed E-state index contributed by atoms with van der Waals surface area (Å²) in [6, 6.07) is 15.1. The maximum absolute atomic E-state index is 12.4. The lowest BCUT2D eigenvalue weighted by Crippen LogP contribution is -2.51. The summed E-state index contributed by atoms with van der Waals surface area (Å²) in [6.07, 6.45) is 0.844. The molecule has 0 aliphatic rings. The fourth-order valence-corrected chi connectivity index (χ4v) is 2.95. The monoisotopic (exact) mass is 412 g/mol. The molecule has 0 spiro atoms. The quantitative estimate of drug-likeness (QED) is 0.345. The van der Waals surface area contributed by atoms with E-state index in [9.17, 15) is 19.6 Å². The number of rotatable bonds is 10. The zero-order chi connectivity index (χ0) is 22.1. The van der Waals surface area contributed by atoms with Gasteiger partial charge in [0.1, 0.15) is 11.7 Å². The molecule has 4 N–H and O–H groups in total. The van der Waals surface area contributed by atoms with Crippen molar-refractivity contribution in [1.82, 2.24) is 10.6 Å². The van der Waals surface area contributed by atoms with Crippen LogP contribution in [-0.4, -0.2) is 48.6 Å². The Morgan fingerprint density at radius 1 is 1.07 bits per heavy atom.